The first-order valence-electron chi connectivity index (χ1n) is 7.89. The zero-order chi connectivity index (χ0) is 23.3. The van der Waals surface area contributed by atoms with Gasteiger partial charge in [0.1, 0.15) is 36.8 Å². The van der Waals surface area contributed by atoms with Crippen LogP contribution in [-0.2, 0) is 41.6 Å². The average Bonchev–Trinajstić information content (AvgIpc) is 2.45. The first-order chi connectivity index (χ1) is 13.5. The van der Waals surface area contributed by atoms with Crippen LogP contribution in [0.15, 0.2) is 0 Å². The Bertz CT molecular complexity index is 768. The number of aliphatic carboxylic acids is 3. The van der Waals surface area contributed by atoms with E-state index in [0.29, 0.717) is 0 Å². The summed E-state index contributed by atoms with van der Waals surface area (Å²) in [5.41, 5.74) is 0. The highest BCUT2D eigenvalue weighted by Gasteiger charge is 2.46. The molecule has 174 valence electrons. The van der Waals surface area contributed by atoms with Crippen molar-refractivity contribution in [1.29, 1.82) is 0 Å². The molecule has 0 aromatic rings. The molecule has 1 heterocycles. The van der Waals surface area contributed by atoms with E-state index in [-0.39, 0.29) is 0 Å². The molecule has 1 rings (SSSR count). The third-order valence-corrected chi connectivity index (χ3v) is 7.10. The van der Waals surface area contributed by atoms with Crippen LogP contribution in [0, 0.1) is 0 Å². The summed E-state index contributed by atoms with van der Waals surface area (Å²) in [5, 5.41) is 28.5. The highest BCUT2D eigenvalue weighted by molar-refractivity contribution is 7.54. The molecule has 5 atom stereocenters. The van der Waals surface area contributed by atoms with Crippen LogP contribution in [0.5, 0.6) is 0 Å². The first kappa shape index (κ1) is 26.9. The zero-order valence-electron chi connectivity index (χ0n) is 15.0. The van der Waals surface area contributed by atoms with E-state index in [1.807, 2.05) is 0 Å². The van der Waals surface area contributed by atoms with Gasteiger partial charge in [-0.3, -0.25) is 32.6 Å². The lowest BCUT2D eigenvalue weighted by atomic mass is 10.0. The molecule has 30 heavy (non-hydrogen) atoms. The van der Waals surface area contributed by atoms with Crippen molar-refractivity contribution in [2.45, 2.75) is 18.3 Å². The maximum Gasteiger partial charge on any atom is 0.339 e. The predicted octanol–water partition coefficient (Wildman–Crippen LogP) is -1.44. The maximum atomic E-state index is 12.0. The summed E-state index contributed by atoms with van der Waals surface area (Å²) in [7, 11) is -14.6. The van der Waals surface area contributed by atoms with Crippen LogP contribution in [0.1, 0.15) is 0 Å². The first-order valence-corrected chi connectivity index (χ1v) is 13.2. The summed E-state index contributed by atoms with van der Waals surface area (Å²) < 4.78 is 50.3. The molecule has 7 N–H and O–H groups in total. The van der Waals surface area contributed by atoms with Gasteiger partial charge in [-0.2, -0.15) is 0 Å². The van der Waals surface area contributed by atoms with Gasteiger partial charge in [0.2, 0.25) is 0 Å². The van der Waals surface area contributed by atoms with Crippen molar-refractivity contribution in [2.75, 3.05) is 31.6 Å². The SMILES string of the molecule is O=C(O)CP(=O)(O)OC1[C@H](OP(=O)(O)CC(=O)O)CNC[C@H]1OP(=O)(O)CC(=O)O. The van der Waals surface area contributed by atoms with Gasteiger partial charge in [-0.05, 0) is 0 Å². The monoisotopic (exact) mass is 499 g/mol. The van der Waals surface area contributed by atoms with Gasteiger partial charge in [-0.25, -0.2) is 0 Å². The molecule has 0 bridgehead atoms. The number of carboxylic acid groups (broad SMARTS) is 3. The lowest BCUT2D eigenvalue weighted by Crippen LogP contribution is -2.56. The Morgan fingerprint density at radius 1 is 0.700 bits per heavy atom. The van der Waals surface area contributed by atoms with Gasteiger partial charge in [0.25, 0.3) is 0 Å². The second-order valence-electron chi connectivity index (χ2n) is 6.08. The van der Waals surface area contributed by atoms with Crippen molar-refractivity contribution in [3.05, 3.63) is 0 Å². The lowest BCUT2D eigenvalue weighted by Gasteiger charge is -2.39. The Morgan fingerprint density at radius 3 is 1.30 bits per heavy atom. The molecule has 19 heteroatoms. The zero-order valence-corrected chi connectivity index (χ0v) is 17.7. The van der Waals surface area contributed by atoms with E-state index in [2.05, 4.69) is 5.32 Å². The molecule has 1 fully saturated rings. The molecule has 1 aliphatic heterocycles. The topological polar surface area (TPSA) is 264 Å². The Kier molecular flexibility index (Phi) is 9.33. The van der Waals surface area contributed by atoms with E-state index in [4.69, 9.17) is 28.9 Å². The van der Waals surface area contributed by atoms with Gasteiger partial charge in [0, 0.05) is 13.1 Å². The van der Waals surface area contributed by atoms with Crippen molar-refractivity contribution in [3.8, 4) is 0 Å². The van der Waals surface area contributed by atoms with E-state index in [1.54, 1.807) is 0 Å². The normalized spacial score (nSPS) is 27.9. The number of carboxylic acids is 3. The molecule has 3 unspecified atom stereocenters. The van der Waals surface area contributed by atoms with Gasteiger partial charge >= 0.3 is 40.7 Å². The number of nitrogens with one attached hydrogen (secondary N) is 1. The van der Waals surface area contributed by atoms with Crippen LogP contribution >= 0.6 is 22.8 Å². The second kappa shape index (κ2) is 10.4. The van der Waals surface area contributed by atoms with Crippen LogP contribution < -0.4 is 5.32 Å². The third-order valence-electron chi connectivity index (χ3n) is 3.32. The fourth-order valence-corrected chi connectivity index (χ4v) is 5.54. The molecular weight excluding hydrogens is 479 g/mol. The summed E-state index contributed by atoms with van der Waals surface area (Å²) in [6.45, 7) is -0.785. The summed E-state index contributed by atoms with van der Waals surface area (Å²) >= 11 is 0. The van der Waals surface area contributed by atoms with Gasteiger partial charge in [0.15, 0.2) is 0 Å². The van der Waals surface area contributed by atoms with Crippen molar-refractivity contribution in [2.24, 2.45) is 0 Å². The quantitative estimate of drug-likeness (QED) is 0.151. The molecule has 0 spiro atoms. The second-order valence-corrected chi connectivity index (χ2v) is 11.5. The molecule has 0 aromatic heterocycles. The summed E-state index contributed by atoms with van der Waals surface area (Å²) in [5.74, 6) is -5.17. The number of hydrogen-bond acceptors (Lipinski definition) is 10. The Morgan fingerprint density at radius 2 is 1.00 bits per heavy atom. The fraction of sp³-hybridized carbons (Fsp3) is 0.727. The Hall–Kier alpha value is -1.18. The number of carbonyl (C=O) groups is 3. The Labute approximate surface area is 168 Å². The van der Waals surface area contributed by atoms with Gasteiger partial charge < -0.3 is 44.4 Å². The molecule has 0 radical (unpaired) electrons. The third kappa shape index (κ3) is 9.75. The smallest absolute Gasteiger partial charge is 0.339 e. The maximum absolute atomic E-state index is 12.0. The highest BCUT2D eigenvalue weighted by Crippen LogP contribution is 2.51. The van der Waals surface area contributed by atoms with Gasteiger partial charge in [0.05, 0.1) is 0 Å². The van der Waals surface area contributed by atoms with E-state index in [0.717, 1.165) is 0 Å². The molecular formula is C11H20NO15P3. The predicted molar refractivity (Wildman–Crippen MR) is 94.5 cm³/mol. The lowest BCUT2D eigenvalue weighted by molar-refractivity contribution is -0.136. The minimum absolute atomic E-state index is 0.392. The largest absolute Gasteiger partial charge is 0.481 e. The van der Waals surface area contributed by atoms with Crippen LogP contribution in [0.25, 0.3) is 0 Å². The summed E-state index contributed by atoms with van der Waals surface area (Å²) in [4.78, 5) is 61.1. The van der Waals surface area contributed by atoms with E-state index in [1.165, 1.54) is 0 Å². The average molecular weight is 499 g/mol. The Balaban J connectivity index is 3.18. The van der Waals surface area contributed by atoms with Crippen LogP contribution in [0.3, 0.4) is 0 Å². The minimum Gasteiger partial charge on any atom is -0.481 e. The fourth-order valence-electron chi connectivity index (χ4n) is 2.41. The highest BCUT2D eigenvalue weighted by atomic mass is 31.2. The molecule has 0 aliphatic carbocycles. The molecule has 0 saturated carbocycles. The molecule has 1 aliphatic rings. The number of piperidine rings is 1. The van der Waals surface area contributed by atoms with Crippen LogP contribution in [0.4, 0.5) is 0 Å². The summed E-state index contributed by atoms with van der Waals surface area (Å²) in [6, 6.07) is 0. The standard InChI is InChI=1S/C11H20NO15P3/c13-8(14)3-28(19,20)25-6-1-12-2-7(26-29(21,22)4-9(15)16)11(6)27-30(23,24)5-10(17)18/h6-7,11-12H,1-5H2,(H,13,14)(H,15,16)(H,17,18)(H,19,20)(H,21,22)(H,23,24)/t6-,7-/m1/s1. The van der Waals surface area contributed by atoms with Crippen molar-refractivity contribution < 1.29 is 71.6 Å². The molecule has 16 nitrogen and oxygen atoms in total. The van der Waals surface area contributed by atoms with Gasteiger partial charge in [-0.15, -0.1) is 0 Å². The molecule has 0 amide bonds. The van der Waals surface area contributed by atoms with Crippen LogP contribution in [-0.4, -0.2) is 97.8 Å². The van der Waals surface area contributed by atoms with Crippen molar-refractivity contribution in [3.63, 3.8) is 0 Å². The van der Waals surface area contributed by atoms with Gasteiger partial charge in [-0.1, -0.05) is 0 Å². The van der Waals surface area contributed by atoms with E-state index < -0.39 is 90.6 Å². The van der Waals surface area contributed by atoms with Crippen molar-refractivity contribution in [1.82, 2.24) is 5.32 Å². The van der Waals surface area contributed by atoms with E-state index in [9.17, 15) is 42.8 Å². The van der Waals surface area contributed by atoms with E-state index >= 15 is 0 Å². The van der Waals surface area contributed by atoms with Crippen molar-refractivity contribution >= 4 is 40.7 Å². The summed E-state index contributed by atoms with van der Waals surface area (Å²) in [6.07, 6.45) is -9.45. The van der Waals surface area contributed by atoms with Crippen LogP contribution in [0.2, 0.25) is 0 Å². The number of rotatable bonds is 12. The minimum atomic E-state index is -4.94. The number of hydrogen-bond donors (Lipinski definition) is 7. The molecule has 1 saturated heterocycles. The molecule has 0 aromatic carbocycles.